The predicted molar refractivity (Wildman–Crippen MR) is 44.3 cm³/mol. The van der Waals surface area contributed by atoms with Crippen LogP contribution >= 0.6 is 24.8 Å². The molecule has 2 amide bonds. The van der Waals surface area contributed by atoms with Gasteiger partial charge in [0.15, 0.2) is 0 Å². The Kier molecular flexibility index (Phi) is 18.9. The van der Waals surface area contributed by atoms with Crippen LogP contribution in [0, 0.1) is 0 Å². The van der Waals surface area contributed by atoms with E-state index in [9.17, 15) is 4.79 Å². The van der Waals surface area contributed by atoms with E-state index in [2.05, 4.69) is 5.32 Å². The topological polar surface area (TPSA) is 93.2 Å². The molecule has 0 unspecified atom stereocenters. The van der Waals surface area contributed by atoms with Gasteiger partial charge in [-0.25, -0.2) is 10.6 Å². The summed E-state index contributed by atoms with van der Waals surface area (Å²) in [6, 6.07) is -0.407. The molecule has 0 aliphatic rings. The monoisotopic (exact) mass is 190 g/mol. The van der Waals surface area contributed by atoms with Crippen LogP contribution in [0.2, 0.25) is 0 Å². The SMILES string of the molecule is Cl.Cl.NCCNC(=O)NN. The number of carbonyl (C=O) groups is 1. The third-order valence-corrected chi connectivity index (χ3v) is 0.561. The van der Waals surface area contributed by atoms with Gasteiger partial charge in [0.2, 0.25) is 0 Å². The second-order valence-electron chi connectivity index (χ2n) is 1.19. The third-order valence-electron chi connectivity index (χ3n) is 0.561. The van der Waals surface area contributed by atoms with E-state index >= 15 is 0 Å². The standard InChI is InChI=1S/C3H10N4O.2ClH/c4-1-2-6-3(8)7-5;;/h1-2,4-5H2,(H2,6,7,8);2*1H. The van der Waals surface area contributed by atoms with Crippen LogP contribution in [0.15, 0.2) is 0 Å². The molecule has 6 N–H and O–H groups in total. The molecule has 0 aromatic rings. The summed E-state index contributed by atoms with van der Waals surface area (Å²) in [4.78, 5) is 10.2. The van der Waals surface area contributed by atoms with Crippen molar-refractivity contribution in [1.82, 2.24) is 10.7 Å². The highest BCUT2D eigenvalue weighted by atomic mass is 35.5. The van der Waals surface area contributed by atoms with Crippen molar-refractivity contribution in [2.45, 2.75) is 0 Å². The molecule has 5 nitrogen and oxygen atoms in total. The number of rotatable bonds is 2. The van der Waals surface area contributed by atoms with E-state index in [1.807, 2.05) is 5.43 Å². The number of nitrogens with two attached hydrogens (primary N) is 2. The molecule has 0 aromatic heterocycles. The minimum absolute atomic E-state index is 0. The minimum atomic E-state index is -0.407. The lowest BCUT2D eigenvalue weighted by Gasteiger charge is -1.98. The van der Waals surface area contributed by atoms with E-state index in [0.717, 1.165) is 0 Å². The number of carbonyl (C=O) groups excluding carboxylic acids is 1. The maximum absolute atomic E-state index is 10.2. The first kappa shape index (κ1) is 16.4. The van der Waals surface area contributed by atoms with Crippen LogP contribution in [-0.4, -0.2) is 19.1 Å². The molecule has 0 heterocycles. The Morgan fingerprint density at radius 2 is 1.90 bits per heavy atom. The molecule has 0 spiro atoms. The Morgan fingerprint density at radius 3 is 2.20 bits per heavy atom. The van der Waals surface area contributed by atoms with Crippen molar-refractivity contribution < 1.29 is 4.79 Å². The average Bonchev–Trinajstić information content (AvgIpc) is 1.83. The molecule has 0 aromatic carbocycles. The molecule has 0 rings (SSSR count). The van der Waals surface area contributed by atoms with Gasteiger partial charge in [-0.1, -0.05) is 0 Å². The molecule has 0 fully saturated rings. The lowest BCUT2D eigenvalue weighted by Crippen LogP contribution is -2.41. The van der Waals surface area contributed by atoms with Crippen molar-refractivity contribution in [2.75, 3.05) is 13.1 Å². The van der Waals surface area contributed by atoms with Gasteiger partial charge in [-0.2, -0.15) is 0 Å². The van der Waals surface area contributed by atoms with Crippen molar-refractivity contribution >= 4 is 30.8 Å². The number of nitrogens with one attached hydrogen (secondary N) is 2. The summed E-state index contributed by atoms with van der Waals surface area (Å²) >= 11 is 0. The first-order chi connectivity index (χ1) is 3.81. The van der Waals surface area contributed by atoms with Crippen LogP contribution in [0.5, 0.6) is 0 Å². The number of hydrogen-bond donors (Lipinski definition) is 4. The number of urea groups is 1. The van der Waals surface area contributed by atoms with Gasteiger partial charge in [0.05, 0.1) is 0 Å². The van der Waals surface area contributed by atoms with Crippen molar-refractivity contribution in [3.8, 4) is 0 Å². The van der Waals surface area contributed by atoms with Crippen molar-refractivity contribution in [3.05, 3.63) is 0 Å². The Morgan fingerprint density at radius 1 is 1.40 bits per heavy atom. The summed E-state index contributed by atoms with van der Waals surface area (Å²) in [7, 11) is 0. The van der Waals surface area contributed by atoms with Gasteiger partial charge < -0.3 is 11.1 Å². The van der Waals surface area contributed by atoms with Gasteiger partial charge in [0.1, 0.15) is 0 Å². The molecule has 10 heavy (non-hydrogen) atoms. The van der Waals surface area contributed by atoms with Gasteiger partial charge in [0, 0.05) is 13.1 Å². The van der Waals surface area contributed by atoms with Crippen LogP contribution in [0.4, 0.5) is 4.79 Å². The van der Waals surface area contributed by atoms with Crippen LogP contribution in [0.3, 0.4) is 0 Å². The van der Waals surface area contributed by atoms with Crippen molar-refractivity contribution in [2.24, 2.45) is 11.6 Å². The summed E-state index contributed by atoms with van der Waals surface area (Å²) in [6.45, 7) is 0.871. The van der Waals surface area contributed by atoms with Crippen LogP contribution < -0.4 is 22.3 Å². The van der Waals surface area contributed by atoms with E-state index in [1.54, 1.807) is 0 Å². The summed E-state index contributed by atoms with van der Waals surface area (Å²) in [6.07, 6.45) is 0. The zero-order valence-electron chi connectivity index (χ0n) is 5.29. The molecule has 0 saturated carbocycles. The molecular formula is C3H12Cl2N4O. The fourth-order valence-electron chi connectivity index (χ4n) is 0.237. The average molecular weight is 191 g/mol. The fourth-order valence-corrected chi connectivity index (χ4v) is 0.237. The Hall–Kier alpha value is -0.230. The van der Waals surface area contributed by atoms with Crippen LogP contribution in [-0.2, 0) is 0 Å². The van der Waals surface area contributed by atoms with E-state index in [0.29, 0.717) is 13.1 Å². The van der Waals surface area contributed by atoms with Crippen LogP contribution in [0.1, 0.15) is 0 Å². The largest absolute Gasteiger partial charge is 0.336 e. The summed E-state index contributed by atoms with van der Waals surface area (Å²) < 4.78 is 0. The summed E-state index contributed by atoms with van der Waals surface area (Å²) in [5.41, 5.74) is 6.94. The molecule has 64 valence electrons. The molecule has 0 aliphatic heterocycles. The molecule has 0 bridgehead atoms. The van der Waals surface area contributed by atoms with E-state index in [-0.39, 0.29) is 24.8 Å². The molecule has 7 heteroatoms. The molecule has 0 aliphatic carbocycles. The molecule has 0 saturated heterocycles. The number of hydrogen-bond acceptors (Lipinski definition) is 3. The van der Waals surface area contributed by atoms with Gasteiger partial charge >= 0.3 is 6.03 Å². The lowest BCUT2D eigenvalue weighted by molar-refractivity contribution is 0.241. The Balaban J connectivity index is -0.000000245. The number of hydrazine groups is 1. The lowest BCUT2D eigenvalue weighted by atomic mass is 10.6. The molecule has 0 atom stereocenters. The van der Waals surface area contributed by atoms with Crippen molar-refractivity contribution in [3.63, 3.8) is 0 Å². The van der Waals surface area contributed by atoms with Gasteiger partial charge in [-0.3, -0.25) is 5.43 Å². The highest BCUT2D eigenvalue weighted by molar-refractivity contribution is 5.85. The second kappa shape index (κ2) is 11.6. The third kappa shape index (κ3) is 10.7. The molecule has 0 radical (unpaired) electrons. The Labute approximate surface area is 71.7 Å². The van der Waals surface area contributed by atoms with Crippen LogP contribution in [0.25, 0.3) is 0 Å². The maximum Gasteiger partial charge on any atom is 0.328 e. The van der Waals surface area contributed by atoms with E-state index < -0.39 is 6.03 Å². The molecular weight excluding hydrogens is 179 g/mol. The maximum atomic E-state index is 10.2. The van der Waals surface area contributed by atoms with Crippen molar-refractivity contribution in [1.29, 1.82) is 0 Å². The first-order valence-electron chi connectivity index (χ1n) is 2.25. The highest BCUT2D eigenvalue weighted by Crippen LogP contribution is 1.54. The zero-order chi connectivity index (χ0) is 6.41. The zero-order valence-corrected chi connectivity index (χ0v) is 6.93. The quantitative estimate of drug-likeness (QED) is 0.255. The van der Waals surface area contributed by atoms with Gasteiger partial charge in [-0.05, 0) is 0 Å². The Bertz CT molecular complexity index is 80.9. The summed E-state index contributed by atoms with van der Waals surface area (Å²) in [5.74, 6) is 4.71. The smallest absolute Gasteiger partial charge is 0.328 e. The van der Waals surface area contributed by atoms with Gasteiger partial charge in [-0.15, -0.1) is 24.8 Å². The normalized spacial score (nSPS) is 6.60. The van der Waals surface area contributed by atoms with Gasteiger partial charge in [0.25, 0.3) is 0 Å². The minimum Gasteiger partial charge on any atom is -0.336 e. The highest BCUT2D eigenvalue weighted by Gasteiger charge is 1.89. The van der Waals surface area contributed by atoms with E-state index in [1.165, 1.54) is 0 Å². The fraction of sp³-hybridized carbons (Fsp3) is 0.667. The van der Waals surface area contributed by atoms with E-state index in [4.69, 9.17) is 11.6 Å². The predicted octanol–water partition coefficient (Wildman–Crippen LogP) is -1.04. The first-order valence-corrected chi connectivity index (χ1v) is 2.25. The number of amides is 2. The number of halogens is 2. The summed E-state index contributed by atoms with van der Waals surface area (Å²) in [5, 5.41) is 2.38. The second-order valence-corrected chi connectivity index (χ2v) is 1.19.